The Balaban J connectivity index is 1.57. The number of amides is 2. The number of nitrogens with one attached hydrogen (secondary N) is 1. The van der Waals surface area contributed by atoms with Crippen LogP contribution in [0.3, 0.4) is 0 Å². The predicted octanol–water partition coefficient (Wildman–Crippen LogP) is 3.01. The van der Waals surface area contributed by atoms with Crippen molar-refractivity contribution < 1.29 is 59.0 Å². The molecule has 45 heavy (non-hydrogen) atoms. The van der Waals surface area contributed by atoms with E-state index in [-0.39, 0.29) is 31.0 Å². The van der Waals surface area contributed by atoms with E-state index >= 15 is 0 Å². The number of ether oxygens (including phenoxy) is 2. The highest BCUT2D eigenvalue weighted by molar-refractivity contribution is 6.18. The summed E-state index contributed by atoms with van der Waals surface area (Å²) in [6, 6.07) is 9.40. The van der Waals surface area contributed by atoms with Gasteiger partial charge < -0.3 is 45.2 Å². The molecule has 0 spiro atoms. The second-order valence-electron chi connectivity index (χ2n) is 10.2. The molecule has 0 radical (unpaired) electrons. The second kappa shape index (κ2) is 13.7. The zero-order valence-electron chi connectivity index (χ0n) is 23.9. The van der Waals surface area contributed by atoms with Gasteiger partial charge in [0, 0.05) is 12.1 Å². The second-order valence-corrected chi connectivity index (χ2v) is 10.2. The summed E-state index contributed by atoms with van der Waals surface area (Å²) in [5.41, 5.74) is -2.26. The number of hydrogen-bond donors (Lipinski definition) is 6. The number of carboxylic acid groups (broad SMARTS) is 1. The SMILES string of the molecule is CCCCOC(=O)N1CC(NC(=O)c2ccc(O)cc2)C(OC(=O)c2cc(O)c(C(=O)c3c(O)cccc3C(=O)O)c(O)c2)C1. The highest BCUT2D eigenvalue weighted by Crippen LogP contribution is 2.35. The van der Waals surface area contributed by atoms with Crippen LogP contribution in [0.25, 0.3) is 0 Å². The first-order valence-electron chi connectivity index (χ1n) is 13.8. The maximum absolute atomic E-state index is 13.2. The Morgan fingerprint density at radius 3 is 2.16 bits per heavy atom. The fourth-order valence-electron chi connectivity index (χ4n) is 4.69. The average Bonchev–Trinajstić information content (AvgIpc) is 3.38. The minimum Gasteiger partial charge on any atom is -0.508 e. The van der Waals surface area contributed by atoms with Gasteiger partial charge in [0.1, 0.15) is 34.7 Å². The average molecular weight is 623 g/mol. The molecule has 4 rings (SSSR count). The lowest BCUT2D eigenvalue weighted by atomic mass is 9.95. The predicted molar refractivity (Wildman–Crippen MR) is 155 cm³/mol. The topological polar surface area (TPSA) is 220 Å². The summed E-state index contributed by atoms with van der Waals surface area (Å²) in [5.74, 6) is -7.00. The van der Waals surface area contributed by atoms with Crippen LogP contribution in [-0.4, -0.2) is 92.0 Å². The number of likely N-dealkylation sites (tertiary alicyclic amines) is 1. The van der Waals surface area contributed by atoms with Crippen molar-refractivity contribution >= 4 is 29.7 Å². The number of phenolic OH excluding ortho intramolecular Hbond substituents is 4. The summed E-state index contributed by atoms with van der Waals surface area (Å²) < 4.78 is 10.8. The molecule has 3 aromatic carbocycles. The first-order chi connectivity index (χ1) is 21.4. The number of unbranched alkanes of at least 4 members (excludes halogenated alkanes) is 1. The third-order valence-corrected chi connectivity index (χ3v) is 7.01. The van der Waals surface area contributed by atoms with Gasteiger partial charge in [0.05, 0.1) is 35.9 Å². The molecule has 0 bridgehead atoms. The molecule has 6 N–H and O–H groups in total. The number of benzene rings is 3. The zero-order valence-corrected chi connectivity index (χ0v) is 23.9. The zero-order chi connectivity index (χ0) is 32.8. The van der Waals surface area contributed by atoms with E-state index in [0.717, 1.165) is 30.7 Å². The van der Waals surface area contributed by atoms with Crippen LogP contribution in [-0.2, 0) is 9.47 Å². The molecule has 0 aromatic heterocycles. The number of esters is 1. The van der Waals surface area contributed by atoms with Crippen LogP contribution in [0.4, 0.5) is 4.79 Å². The van der Waals surface area contributed by atoms with E-state index in [1.807, 2.05) is 6.92 Å². The Hall–Kier alpha value is -5.79. The van der Waals surface area contributed by atoms with Gasteiger partial charge in [-0.2, -0.15) is 0 Å². The Labute approximate surface area is 256 Å². The van der Waals surface area contributed by atoms with Gasteiger partial charge in [-0.05, 0) is 55.0 Å². The van der Waals surface area contributed by atoms with Crippen molar-refractivity contribution in [1.82, 2.24) is 10.2 Å². The van der Waals surface area contributed by atoms with E-state index in [1.54, 1.807) is 0 Å². The normalized spacial score (nSPS) is 15.7. The van der Waals surface area contributed by atoms with Crippen molar-refractivity contribution in [2.24, 2.45) is 0 Å². The molecule has 14 heteroatoms. The number of aromatic carboxylic acids is 1. The number of phenols is 4. The maximum Gasteiger partial charge on any atom is 0.409 e. The molecule has 0 aliphatic carbocycles. The Morgan fingerprint density at radius 1 is 0.867 bits per heavy atom. The minimum absolute atomic E-state index is 0.0534. The van der Waals surface area contributed by atoms with Crippen molar-refractivity contribution in [3.63, 3.8) is 0 Å². The van der Waals surface area contributed by atoms with Gasteiger partial charge in [-0.3, -0.25) is 9.59 Å². The molecule has 1 aliphatic heterocycles. The Morgan fingerprint density at radius 2 is 1.53 bits per heavy atom. The molecule has 2 atom stereocenters. The third kappa shape index (κ3) is 7.24. The summed E-state index contributed by atoms with van der Waals surface area (Å²) in [5, 5.41) is 53.0. The van der Waals surface area contributed by atoms with Crippen molar-refractivity contribution in [2.45, 2.75) is 31.9 Å². The van der Waals surface area contributed by atoms with E-state index in [9.17, 15) is 49.5 Å². The molecule has 2 amide bonds. The van der Waals surface area contributed by atoms with E-state index in [0.29, 0.717) is 6.42 Å². The van der Waals surface area contributed by atoms with Gasteiger partial charge in [0.15, 0.2) is 0 Å². The van der Waals surface area contributed by atoms with Crippen LogP contribution in [0.15, 0.2) is 54.6 Å². The van der Waals surface area contributed by atoms with Crippen molar-refractivity contribution in [3.8, 4) is 23.0 Å². The number of carbonyl (C=O) groups excluding carboxylic acids is 4. The van der Waals surface area contributed by atoms with Crippen molar-refractivity contribution in [3.05, 3.63) is 82.4 Å². The molecule has 236 valence electrons. The number of nitrogens with zero attached hydrogens (tertiary/aromatic N) is 1. The Bertz CT molecular complexity index is 1610. The fourth-order valence-corrected chi connectivity index (χ4v) is 4.69. The maximum atomic E-state index is 13.2. The first kappa shape index (κ1) is 32.1. The number of carbonyl (C=O) groups is 5. The third-order valence-electron chi connectivity index (χ3n) is 7.01. The van der Waals surface area contributed by atoms with Crippen molar-refractivity contribution in [1.29, 1.82) is 0 Å². The molecule has 2 unspecified atom stereocenters. The molecule has 14 nitrogen and oxygen atoms in total. The highest BCUT2D eigenvalue weighted by atomic mass is 16.6. The van der Waals surface area contributed by atoms with Gasteiger partial charge in [0.25, 0.3) is 5.91 Å². The van der Waals surface area contributed by atoms with Crippen LogP contribution in [0.1, 0.15) is 66.8 Å². The highest BCUT2D eigenvalue weighted by Gasteiger charge is 2.40. The lowest BCUT2D eigenvalue weighted by Crippen LogP contribution is -2.44. The van der Waals surface area contributed by atoms with Crippen molar-refractivity contribution in [2.75, 3.05) is 19.7 Å². The number of hydrogen-bond acceptors (Lipinski definition) is 11. The lowest BCUT2D eigenvalue weighted by molar-refractivity contribution is 0.0260. The molecule has 1 aliphatic rings. The Kier molecular flexibility index (Phi) is 9.76. The molecule has 0 saturated carbocycles. The number of rotatable bonds is 10. The van der Waals surface area contributed by atoms with Gasteiger partial charge in [0.2, 0.25) is 5.78 Å². The largest absolute Gasteiger partial charge is 0.508 e. The monoisotopic (exact) mass is 622 g/mol. The van der Waals surface area contributed by atoms with E-state index < -0.39 is 81.4 Å². The summed E-state index contributed by atoms with van der Waals surface area (Å²) in [6.07, 6.45) is -0.376. The number of carboxylic acids is 1. The fraction of sp³-hybridized carbons (Fsp3) is 0.258. The molecular weight excluding hydrogens is 592 g/mol. The quantitative estimate of drug-likeness (QED) is 0.109. The van der Waals surface area contributed by atoms with Gasteiger partial charge in [-0.15, -0.1) is 0 Å². The minimum atomic E-state index is -1.54. The summed E-state index contributed by atoms with van der Waals surface area (Å²) in [4.78, 5) is 64.6. The number of ketones is 1. The summed E-state index contributed by atoms with van der Waals surface area (Å²) in [7, 11) is 0. The van der Waals surface area contributed by atoms with E-state index in [4.69, 9.17) is 9.47 Å². The molecule has 1 saturated heterocycles. The van der Waals surface area contributed by atoms with E-state index in [2.05, 4.69) is 5.32 Å². The van der Waals surface area contributed by atoms with Crippen LogP contribution in [0, 0.1) is 0 Å². The van der Waals surface area contributed by atoms with Gasteiger partial charge in [-0.1, -0.05) is 19.4 Å². The first-order valence-corrected chi connectivity index (χ1v) is 13.8. The molecule has 3 aromatic rings. The van der Waals surface area contributed by atoms with Crippen LogP contribution in [0.2, 0.25) is 0 Å². The van der Waals surface area contributed by atoms with Gasteiger partial charge in [-0.25, -0.2) is 14.4 Å². The van der Waals surface area contributed by atoms with Crippen LogP contribution in [0.5, 0.6) is 23.0 Å². The van der Waals surface area contributed by atoms with E-state index in [1.165, 1.54) is 35.2 Å². The summed E-state index contributed by atoms with van der Waals surface area (Å²) in [6.45, 7) is 1.84. The standard InChI is InChI=1S/C31H30N2O12/c1-2-3-11-44-31(43)33-14-20(32-28(39)16-7-9-18(34)10-8-16)24(15-33)45-30(42)17-12-22(36)26(23(37)13-17)27(38)25-19(29(40)41)5-4-6-21(25)35/h4-10,12-13,20,24,34-37H,2-3,11,14-15H2,1H3,(H,32,39)(H,40,41). The summed E-state index contributed by atoms with van der Waals surface area (Å²) >= 11 is 0. The molecule has 1 fully saturated rings. The lowest BCUT2D eigenvalue weighted by Gasteiger charge is -2.20. The smallest absolute Gasteiger partial charge is 0.409 e. The molecule has 1 heterocycles. The number of aromatic hydroxyl groups is 4. The van der Waals surface area contributed by atoms with Crippen LogP contribution >= 0.6 is 0 Å². The van der Waals surface area contributed by atoms with Gasteiger partial charge >= 0.3 is 18.0 Å². The van der Waals surface area contributed by atoms with Crippen LogP contribution < -0.4 is 5.32 Å². The molecular formula is C31H30N2O12.